The Bertz CT molecular complexity index is 1150. The number of ether oxygens (including phenoxy) is 1. The Morgan fingerprint density at radius 3 is 2.73 bits per heavy atom. The zero-order chi connectivity index (χ0) is 17.9. The van der Waals surface area contributed by atoms with E-state index in [1.165, 1.54) is 0 Å². The minimum atomic E-state index is -1.22. The molecule has 26 heavy (non-hydrogen) atoms. The van der Waals surface area contributed by atoms with Crippen LogP contribution in [0.2, 0.25) is 0 Å². The maximum absolute atomic E-state index is 11.0. The van der Waals surface area contributed by atoms with Crippen molar-refractivity contribution in [1.29, 1.82) is 0 Å². The van der Waals surface area contributed by atoms with Crippen LogP contribution in [0.25, 0.3) is 10.9 Å². The van der Waals surface area contributed by atoms with E-state index in [1.54, 1.807) is 30.5 Å². The van der Waals surface area contributed by atoms with Crippen molar-refractivity contribution in [3.63, 3.8) is 0 Å². The molecular weight excluding hydrogens is 334 g/mol. The summed E-state index contributed by atoms with van der Waals surface area (Å²) in [5.74, 6) is 5.39. The lowest BCUT2D eigenvalue weighted by Crippen LogP contribution is -1.99. The van der Waals surface area contributed by atoms with Crippen LogP contribution in [0.5, 0.6) is 11.6 Å². The minimum Gasteiger partial charge on any atom is -0.476 e. The van der Waals surface area contributed by atoms with E-state index in [-0.39, 0.29) is 11.6 Å². The van der Waals surface area contributed by atoms with Crippen molar-refractivity contribution in [1.82, 2.24) is 25.6 Å². The average molecular weight is 345 g/mol. The SMILES string of the molecule is O=C(O)c1nn[nH]c1Oc1ccc(C#Cc2cccc3cn[nH]c23)cc1. The molecule has 2 heterocycles. The van der Waals surface area contributed by atoms with Crippen LogP contribution in [0.3, 0.4) is 0 Å². The van der Waals surface area contributed by atoms with Gasteiger partial charge in [-0.2, -0.15) is 5.10 Å². The van der Waals surface area contributed by atoms with Gasteiger partial charge in [-0.1, -0.05) is 29.2 Å². The van der Waals surface area contributed by atoms with Crippen LogP contribution in [0.1, 0.15) is 21.6 Å². The second-order valence-electron chi connectivity index (χ2n) is 5.31. The fourth-order valence-corrected chi connectivity index (χ4v) is 2.37. The smallest absolute Gasteiger partial charge is 0.362 e. The quantitative estimate of drug-likeness (QED) is 0.491. The van der Waals surface area contributed by atoms with E-state index >= 15 is 0 Å². The molecule has 4 aromatic rings. The molecule has 0 saturated carbocycles. The van der Waals surface area contributed by atoms with Gasteiger partial charge in [-0.3, -0.25) is 5.10 Å². The van der Waals surface area contributed by atoms with Crippen molar-refractivity contribution >= 4 is 16.9 Å². The van der Waals surface area contributed by atoms with Gasteiger partial charge in [0.15, 0.2) is 0 Å². The lowest BCUT2D eigenvalue weighted by atomic mass is 10.1. The number of benzene rings is 2. The van der Waals surface area contributed by atoms with Crippen LogP contribution in [0, 0.1) is 11.8 Å². The lowest BCUT2D eigenvalue weighted by molar-refractivity contribution is 0.0687. The monoisotopic (exact) mass is 345 g/mol. The summed E-state index contributed by atoms with van der Waals surface area (Å²) in [6, 6.07) is 12.7. The van der Waals surface area contributed by atoms with Crippen LogP contribution in [-0.2, 0) is 0 Å². The molecule has 0 saturated heterocycles. The number of aromatic nitrogens is 5. The van der Waals surface area contributed by atoms with Crippen molar-refractivity contribution in [2.45, 2.75) is 0 Å². The number of nitrogens with one attached hydrogen (secondary N) is 2. The minimum absolute atomic E-state index is 0.0257. The summed E-state index contributed by atoms with van der Waals surface area (Å²) in [6.07, 6.45) is 1.75. The molecule has 2 aromatic carbocycles. The van der Waals surface area contributed by atoms with Crippen molar-refractivity contribution in [3.05, 3.63) is 65.5 Å². The molecule has 8 nitrogen and oxygen atoms in total. The average Bonchev–Trinajstić information content (AvgIpc) is 3.30. The zero-order valence-corrected chi connectivity index (χ0v) is 13.2. The third kappa shape index (κ3) is 2.97. The van der Waals surface area contributed by atoms with Gasteiger partial charge in [0.2, 0.25) is 5.69 Å². The summed E-state index contributed by atoms with van der Waals surface area (Å²) in [6.45, 7) is 0. The molecule has 0 fully saturated rings. The summed E-state index contributed by atoms with van der Waals surface area (Å²) >= 11 is 0. The molecule has 0 aliphatic carbocycles. The predicted octanol–water partition coefficient (Wildman–Crippen LogP) is 2.57. The Labute approximate surface area is 146 Å². The number of carboxylic acid groups (broad SMARTS) is 1. The Balaban J connectivity index is 1.55. The van der Waals surface area contributed by atoms with Crippen molar-refractivity contribution < 1.29 is 14.6 Å². The number of H-pyrrole nitrogens is 2. The molecule has 4 rings (SSSR count). The van der Waals surface area contributed by atoms with Crippen LogP contribution in [0.4, 0.5) is 0 Å². The summed E-state index contributed by atoms with van der Waals surface area (Å²) in [5, 5.41) is 26.2. The van der Waals surface area contributed by atoms with Gasteiger partial charge in [-0.05, 0) is 30.3 Å². The van der Waals surface area contributed by atoms with E-state index in [1.807, 2.05) is 18.2 Å². The summed E-state index contributed by atoms with van der Waals surface area (Å²) in [5.41, 5.74) is 2.26. The zero-order valence-electron chi connectivity index (χ0n) is 13.2. The second-order valence-corrected chi connectivity index (χ2v) is 5.31. The highest BCUT2D eigenvalue weighted by atomic mass is 16.5. The molecule has 0 radical (unpaired) electrons. The number of aromatic amines is 2. The number of rotatable bonds is 3. The Kier molecular flexibility index (Phi) is 3.80. The molecule has 0 amide bonds. The first-order valence-corrected chi connectivity index (χ1v) is 7.57. The standard InChI is InChI=1S/C18H11N5O3/c24-18(25)16-17(22-23-21-16)26-14-8-5-11(6-9-14)4-7-12-2-1-3-13-10-19-20-15(12)13/h1-3,5-6,8-10H,(H,19,20)(H,24,25)(H,21,22,23). The first kappa shape index (κ1) is 15.4. The van der Waals surface area contributed by atoms with Crippen LogP contribution >= 0.6 is 0 Å². The van der Waals surface area contributed by atoms with E-state index in [2.05, 4.69) is 37.4 Å². The molecule has 126 valence electrons. The van der Waals surface area contributed by atoms with E-state index < -0.39 is 5.97 Å². The van der Waals surface area contributed by atoms with E-state index in [4.69, 9.17) is 9.84 Å². The number of fused-ring (bicyclic) bond motifs is 1. The van der Waals surface area contributed by atoms with E-state index in [9.17, 15) is 4.79 Å². The van der Waals surface area contributed by atoms with E-state index in [0.717, 1.165) is 22.0 Å². The molecule has 0 aliphatic rings. The number of carbonyl (C=O) groups is 1. The maximum atomic E-state index is 11.0. The molecule has 0 spiro atoms. The largest absolute Gasteiger partial charge is 0.476 e. The highest BCUT2D eigenvalue weighted by molar-refractivity contribution is 5.87. The number of hydrogen-bond acceptors (Lipinski definition) is 5. The molecule has 0 aliphatic heterocycles. The first-order chi connectivity index (χ1) is 12.7. The predicted molar refractivity (Wildman–Crippen MR) is 91.9 cm³/mol. The number of carboxylic acids is 1. The topological polar surface area (TPSA) is 117 Å². The van der Waals surface area contributed by atoms with Gasteiger partial charge in [-0.15, -0.1) is 5.10 Å². The molecule has 0 unspecified atom stereocenters. The third-order valence-electron chi connectivity index (χ3n) is 3.61. The first-order valence-electron chi connectivity index (χ1n) is 7.57. The Hall–Kier alpha value is -4.12. The fourth-order valence-electron chi connectivity index (χ4n) is 2.37. The summed E-state index contributed by atoms with van der Waals surface area (Å²) in [4.78, 5) is 11.0. The summed E-state index contributed by atoms with van der Waals surface area (Å²) < 4.78 is 5.45. The summed E-state index contributed by atoms with van der Waals surface area (Å²) in [7, 11) is 0. The van der Waals surface area contributed by atoms with Gasteiger partial charge >= 0.3 is 5.97 Å². The second kappa shape index (κ2) is 6.41. The lowest BCUT2D eigenvalue weighted by Gasteiger charge is -2.02. The van der Waals surface area contributed by atoms with Gasteiger partial charge in [0.1, 0.15) is 5.75 Å². The molecular formula is C18H11N5O3. The molecule has 8 heteroatoms. The third-order valence-corrected chi connectivity index (χ3v) is 3.61. The fraction of sp³-hybridized carbons (Fsp3) is 0. The van der Waals surface area contributed by atoms with Gasteiger partial charge in [0, 0.05) is 10.9 Å². The van der Waals surface area contributed by atoms with Crippen LogP contribution in [-0.4, -0.2) is 36.7 Å². The molecule has 0 atom stereocenters. The molecule has 3 N–H and O–H groups in total. The highest BCUT2D eigenvalue weighted by Gasteiger charge is 2.16. The van der Waals surface area contributed by atoms with Gasteiger partial charge in [-0.25, -0.2) is 9.89 Å². The normalized spacial score (nSPS) is 10.3. The number of para-hydroxylation sites is 1. The number of nitrogens with zero attached hydrogens (tertiary/aromatic N) is 3. The van der Waals surface area contributed by atoms with Crippen molar-refractivity contribution in [2.75, 3.05) is 0 Å². The Morgan fingerprint density at radius 1 is 1.08 bits per heavy atom. The molecule has 0 bridgehead atoms. The highest BCUT2D eigenvalue weighted by Crippen LogP contribution is 2.22. The van der Waals surface area contributed by atoms with Crippen molar-refractivity contribution in [2.24, 2.45) is 0 Å². The van der Waals surface area contributed by atoms with Crippen molar-refractivity contribution in [3.8, 4) is 23.5 Å². The number of aromatic carboxylic acids is 1. The van der Waals surface area contributed by atoms with Gasteiger partial charge in [0.25, 0.3) is 5.88 Å². The van der Waals surface area contributed by atoms with E-state index in [0.29, 0.717) is 5.75 Å². The van der Waals surface area contributed by atoms with Gasteiger partial charge < -0.3 is 9.84 Å². The van der Waals surface area contributed by atoms with Gasteiger partial charge in [0.05, 0.1) is 17.3 Å². The van der Waals surface area contributed by atoms with Crippen LogP contribution < -0.4 is 4.74 Å². The number of hydrogen-bond donors (Lipinski definition) is 3. The van der Waals surface area contributed by atoms with Crippen LogP contribution in [0.15, 0.2) is 48.7 Å². The molecule has 2 aromatic heterocycles. The Morgan fingerprint density at radius 2 is 1.92 bits per heavy atom. The maximum Gasteiger partial charge on any atom is 0.362 e.